The molecule has 0 aromatic heterocycles. The molecule has 10 heavy (non-hydrogen) atoms. The van der Waals surface area contributed by atoms with E-state index >= 15 is 0 Å². The molecule has 0 atom stereocenters. The summed E-state index contributed by atoms with van der Waals surface area (Å²) in [7, 11) is 0. The van der Waals surface area contributed by atoms with Crippen molar-refractivity contribution in [3.05, 3.63) is 23.5 Å². The topological polar surface area (TPSA) is 31.2 Å². The number of carbonyl (C=O) groups is 1. The zero-order chi connectivity index (χ0) is 6.97. The van der Waals surface area contributed by atoms with Crippen molar-refractivity contribution >= 4 is 5.78 Å². The van der Waals surface area contributed by atoms with Gasteiger partial charge in [-0.15, -0.1) is 0 Å². The van der Waals surface area contributed by atoms with Crippen molar-refractivity contribution in [3.63, 3.8) is 0 Å². The third-order valence-corrected chi connectivity index (χ3v) is 1.90. The summed E-state index contributed by atoms with van der Waals surface area (Å²) in [5, 5.41) is 4.09. The number of ketones is 1. The Labute approximate surface area is 59.6 Å². The van der Waals surface area contributed by atoms with Crippen molar-refractivity contribution in [2.45, 2.75) is 19.3 Å². The van der Waals surface area contributed by atoms with Gasteiger partial charge in [0, 0.05) is 18.2 Å². The smallest absolute Gasteiger partial charge is 0.164 e. The van der Waals surface area contributed by atoms with Gasteiger partial charge in [0.2, 0.25) is 0 Å². The Kier molecular flexibility index (Phi) is 1.13. The standard InChI is InChI=1S/C8H8NO/c10-8-3-1-2-7-6(8)4-5-9-7/h4-5H,1-3H2. The van der Waals surface area contributed by atoms with Gasteiger partial charge in [-0.3, -0.25) is 10.1 Å². The summed E-state index contributed by atoms with van der Waals surface area (Å²) in [6.45, 7) is 0. The minimum Gasteiger partial charge on any atom is -0.294 e. The molecular weight excluding hydrogens is 126 g/mol. The average molecular weight is 134 g/mol. The largest absolute Gasteiger partial charge is 0.294 e. The number of carbonyl (C=O) groups excluding carboxylic acids is 1. The normalized spacial score (nSPS) is 23.0. The van der Waals surface area contributed by atoms with Gasteiger partial charge in [0.15, 0.2) is 5.78 Å². The van der Waals surface area contributed by atoms with Gasteiger partial charge in [-0.25, -0.2) is 0 Å². The Hall–Kier alpha value is -1.05. The van der Waals surface area contributed by atoms with E-state index in [1.165, 1.54) is 0 Å². The van der Waals surface area contributed by atoms with Gasteiger partial charge in [0.25, 0.3) is 0 Å². The van der Waals surface area contributed by atoms with Crippen LogP contribution in [0, 0.1) is 0 Å². The number of hydrogen-bond donors (Lipinski definition) is 0. The third-order valence-electron chi connectivity index (χ3n) is 1.90. The molecule has 1 aliphatic heterocycles. The first-order valence-corrected chi connectivity index (χ1v) is 3.52. The second-order valence-corrected chi connectivity index (χ2v) is 2.58. The van der Waals surface area contributed by atoms with Gasteiger partial charge < -0.3 is 0 Å². The van der Waals surface area contributed by atoms with Crippen LogP contribution in [0.2, 0.25) is 0 Å². The van der Waals surface area contributed by atoms with E-state index < -0.39 is 0 Å². The van der Waals surface area contributed by atoms with Crippen molar-refractivity contribution in [2.24, 2.45) is 0 Å². The first kappa shape index (κ1) is 5.71. The van der Waals surface area contributed by atoms with Gasteiger partial charge in [0.1, 0.15) is 0 Å². The van der Waals surface area contributed by atoms with Gasteiger partial charge in [-0.1, -0.05) is 0 Å². The fourth-order valence-electron chi connectivity index (χ4n) is 1.37. The number of hydrogen-bond acceptors (Lipinski definition) is 1. The minimum atomic E-state index is 0.263. The molecule has 0 saturated carbocycles. The Balaban J connectivity index is 2.37. The molecule has 0 spiro atoms. The Morgan fingerprint density at radius 3 is 3.10 bits per heavy atom. The first-order valence-electron chi connectivity index (χ1n) is 3.52. The number of Topliss-reactive ketones (excluding diaryl/α,β-unsaturated/α-hetero) is 1. The summed E-state index contributed by atoms with van der Waals surface area (Å²) in [5.41, 5.74) is 1.85. The predicted octanol–water partition coefficient (Wildman–Crippen LogP) is 1.13. The van der Waals surface area contributed by atoms with Crippen LogP contribution >= 0.6 is 0 Å². The fourth-order valence-corrected chi connectivity index (χ4v) is 1.37. The molecule has 0 N–H and O–H groups in total. The van der Waals surface area contributed by atoms with Crippen LogP contribution < -0.4 is 5.32 Å². The molecule has 0 unspecified atom stereocenters. The van der Waals surface area contributed by atoms with Crippen LogP contribution in [0.25, 0.3) is 0 Å². The van der Waals surface area contributed by atoms with Crippen LogP contribution in [0.4, 0.5) is 0 Å². The van der Waals surface area contributed by atoms with Crippen LogP contribution in [0.1, 0.15) is 19.3 Å². The molecule has 1 radical (unpaired) electrons. The van der Waals surface area contributed by atoms with Crippen LogP contribution in [0.3, 0.4) is 0 Å². The van der Waals surface area contributed by atoms with Gasteiger partial charge in [-0.05, 0) is 18.9 Å². The van der Waals surface area contributed by atoms with Crippen molar-refractivity contribution in [2.75, 3.05) is 0 Å². The molecule has 1 heterocycles. The summed E-state index contributed by atoms with van der Waals surface area (Å²) < 4.78 is 0. The summed E-state index contributed by atoms with van der Waals surface area (Å²) in [5.74, 6) is 0.263. The highest BCUT2D eigenvalue weighted by atomic mass is 16.1. The maximum absolute atomic E-state index is 11.1. The highest BCUT2D eigenvalue weighted by molar-refractivity contribution is 6.00. The molecule has 0 aromatic carbocycles. The molecule has 51 valence electrons. The SMILES string of the molecule is O=C1CCCC2=C1C=C[N]2. The van der Waals surface area contributed by atoms with E-state index in [1.54, 1.807) is 6.20 Å². The van der Waals surface area contributed by atoms with E-state index in [4.69, 9.17) is 0 Å². The molecule has 0 bridgehead atoms. The predicted molar refractivity (Wildman–Crippen MR) is 37.2 cm³/mol. The zero-order valence-electron chi connectivity index (χ0n) is 5.63. The fraction of sp³-hybridized carbons (Fsp3) is 0.375. The zero-order valence-corrected chi connectivity index (χ0v) is 5.63. The molecule has 2 aliphatic rings. The summed E-state index contributed by atoms with van der Waals surface area (Å²) in [6.07, 6.45) is 6.19. The second kappa shape index (κ2) is 1.97. The number of allylic oxidation sites excluding steroid dienone is 3. The van der Waals surface area contributed by atoms with Crippen molar-refractivity contribution in [1.29, 1.82) is 0 Å². The van der Waals surface area contributed by atoms with E-state index in [1.807, 2.05) is 6.08 Å². The first-order chi connectivity index (χ1) is 4.88. The highest BCUT2D eigenvalue weighted by Crippen LogP contribution is 2.24. The number of rotatable bonds is 0. The van der Waals surface area contributed by atoms with Gasteiger partial charge in [-0.2, -0.15) is 0 Å². The lowest BCUT2D eigenvalue weighted by Crippen LogP contribution is -2.09. The summed E-state index contributed by atoms with van der Waals surface area (Å²) >= 11 is 0. The van der Waals surface area contributed by atoms with Gasteiger partial charge >= 0.3 is 0 Å². The maximum Gasteiger partial charge on any atom is 0.164 e. The van der Waals surface area contributed by atoms with Crippen LogP contribution in [-0.4, -0.2) is 5.78 Å². The second-order valence-electron chi connectivity index (χ2n) is 2.58. The van der Waals surface area contributed by atoms with Crippen LogP contribution in [0.15, 0.2) is 23.5 Å². The third kappa shape index (κ3) is 0.685. The average Bonchev–Trinajstić information content (AvgIpc) is 2.36. The molecule has 0 amide bonds. The molecular formula is C8H8NO. The Morgan fingerprint density at radius 2 is 2.30 bits per heavy atom. The van der Waals surface area contributed by atoms with E-state index in [0.717, 1.165) is 24.1 Å². The molecule has 2 heteroatoms. The maximum atomic E-state index is 11.1. The van der Waals surface area contributed by atoms with E-state index in [9.17, 15) is 4.79 Å². The van der Waals surface area contributed by atoms with E-state index in [2.05, 4.69) is 5.32 Å². The van der Waals surface area contributed by atoms with Crippen LogP contribution in [-0.2, 0) is 4.79 Å². The molecule has 0 fully saturated rings. The van der Waals surface area contributed by atoms with E-state index in [0.29, 0.717) is 6.42 Å². The lowest BCUT2D eigenvalue weighted by molar-refractivity contribution is -0.115. The van der Waals surface area contributed by atoms with Crippen molar-refractivity contribution in [1.82, 2.24) is 5.32 Å². The lowest BCUT2D eigenvalue weighted by Gasteiger charge is -2.09. The van der Waals surface area contributed by atoms with Crippen molar-refractivity contribution in [3.8, 4) is 0 Å². The van der Waals surface area contributed by atoms with E-state index in [-0.39, 0.29) is 5.78 Å². The Bertz CT molecular complexity index is 238. The molecule has 0 saturated heterocycles. The summed E-state index contributed by atoms with van der Waals surface area (Å²) in [4.78, 5) is 11.1. The monoisotopic (exact) mass is 134 g/mol. The number of nitrogens with zero attached hydrogens (tertiary/aromatic N) is 1. The quantitative estimate of drug-likeness (QED) is 0.488. The molecule has 2 nitrogen and oxygen atoms in total. The molecule has 2 rings (SSSR count). The van der Waals surface area contributed by atoms with Crippen molar-refractivity contribution < 1.29 is 4.79 Å². The highest BCUT2D eigenvalue weighted by Gasteiger charge is 2.21. The Morgan fingerprint density at radius 1 is 1.40 bits per heavy atom. The molecule has 0 aromatic rings. The minimum absolute atomic E-state index is 0.263. The van der Waals surface area contributed by atoms with Crippen LogP contribution in [0.5, 0.6) is 0 Å². The summed E-state index contributed by atoms with van der Waals surface area (Å²) in [6, 6.07) is 0. The lowest BCUT2D eigenvalue weighted by atomic mass is 9.97. The molecule has 1 aliphatic carbocycles. The van der Waals surface area contributed by atoms with Gasteiger partial charge in [0.05, 0.1) is 5.70 Å².